The normalized spacial score (nSPS) is 12.1. The topological polar surface area (TPSA) is 153 Å². The maximum Gasteiger partial charge on any atom is 0.124 e. The molecule has 2 aromatic carbocycles. The minimum absolute atomic E-state index is 0. The molecule has 8 aromatic rings. The maximum absolute atomic E-state index is 5.55. The minimum Gasteiger partial charge on any atom is -0.579 e. The zero-order valence-corrected chi connectivity index (χ0v) is 37.9. The predicted octanol–water partition coefficient (Wildman–Crippen LogP) is 7.16. The number of nitrogens with zero attached hydrogens (tertiary/aromatic N) is 11. The number of rotatable bonds is 9. The molecule has 2 aliphatic heterocycles. The van der Waals surface area contributed by atoms with Gasteiger partial charge in [-0.3, -0.25) is 9.97 Å². The summed E-state index contributed by atoms with van der Waals surface area (Å²) in [5.74, 6) is 1.82. The first-order chi connectivity index (χ1) is 29.0. The molecule has 0 fully saturated rings. The SMILES string of the molecule is Cc1cc(Cc2cncc(CN)c2)n[n-]1.Cc1cc(Cc2cncc(CN3[CH-]N(c4[c-]cccc4)c4ncccc43)c2)n[n-]1.[Pt].[Pt].[c-]1ccccc1N1[CH-]Nc2cccnc21. The van der Waals surface area contributed by atoms with Gasteiger partial charge in [-0.15, -0.1) is 29.4 Å². The van der Waals surface area contributed by atoms with Crippen LogP contribution >= 0.6 is 0 Å². The molecule has 13 nitrogen and oxygen atoms in total. The molecule has 0 spiro atoms. The number of hydrogen-bond acceptors (Lipinski definition) is 11. The quantitative estimate of drug-likeness (QED) is 0.141. The number of nitrogens with two attached hydrogens (primary N) is 1. The van der Waals surface area contributed by atoms with Crippen molar-refractivity contribution in [2.75, 3.05) is 20.0 Å². The second-order valence-corrected chi connectivity index (χ2v) is 13.9. The number of anilines is 6. The zero-order chi connectivity index (χ0) is 40.4. The number of pyridine rings is 4. The van der Waals surface area contributed by atoms with Gasteiger partial charge in [0.05, 0.1) is 0 Å². The van der Waals surface area contributed by atoms with Gasteiger partial charge in [-0.1, -0.05) is 38.1 Å². The van der Waals surface area contributed by atoms with Gasteiger partial charge in [-0.25, -0.2) is 9.97 Å². The van der Waals surface area contributed by atoms with Gasteiger partial charge >= 0.3 is 0 Å². The summed E-state index contributed by atoms with van der Waals surface area (Å²) in [7, 11) is 0. The van der Waals surface area contributed by atoms with Crippen LogP contribution in [0.3, 0.4) is 0 Å². The molecule has 0 unspecified atom stereocenters. The third kappa shape index (κ3) is 11.4. The van der Waals surface area contributed by atoms with Crippen molar-refractivity contribution >= 4 is 34.4 Å². The van der Waals surface area contributed by atoms with Crippen molar-refractivity contribution in [2.45, 2.75) is 39.8 Å². The Morgan fingerprint density at radius 2 is 1.23 bits per heavy atom. The average molecular weight is 1170 g/mol. The summed E-state index contributed by atoms with van der Waals surface area (Å²) in [5, 5.41) is 19.5. The molecule has 10 rings (SSSR count). The van der Waals surface area contributed by atoms with E-state index in [1.807, 2.05) is 129 Å². The van der Waals surface area contributed by atoms with Gasteiger partial charge in [-0.05, 0) is 46.5 Å². The van der Waals surface area contributed by atoms with E-state index in [1.165, 1.54) is 0 Å². The van der Waals surface area contributed by atoms with Crippen molar-refractivity contribution in [2.24, 2.45) is 5.73 Å². The minimum atomic E-state index is 0. The van der Waals surface area contributed by atoms with E-state index in [4.69, 9.17) is 5.73 Å². The first-order valence-corrected chi connectivity index (χ1v) is 19.1. The molecule has 3 N–H and O–H groups in total. The Hall–Kier alpha value is -6.00. The molecule has 0 bridgehead atoms. The number of aryl methyl sites for hydroxylation is 2. The molecule has 0 atom stereocenters. The van der Waals surface area contributed by atoms with Gasteiger partial charge < -0.3 is 46.1 Å². The third-order valence-corrected chi connectivity index (χ3v) is 9.31. The molecule has 0 saturated carbocycles. The molecule has 0 amide bonds. The first-order valence-electron chi connectivity index (χ1n) is 19.1. The smallest absolute Gasteiger partial charge is 0.124 e. The number of para-hydroxylation sites is 2. The van der Waals surface area contributed by atoms with Crippen LogP contribution in [0.5, 0.6) is 0 Å². The summed E-state index contributed by atoms with van der Waals surface area (Å²) in [5.41, 5.74) is 17.8. The molecule has 2 aliphatic rings. The van der Waals surface area contributed by atoms with E-state index in [-0.39, 0.29) is 42.1 Å². The summed E-state index contributed by atoms with van der Waals surface area (Å²) in [4.78, 5) is 23.7. The van der Waals surface area contributed by atoms with Crippen molar-refractivity contribution < 1.29 is 42.1 Å². The second kappa shape index (κ2) is 21.5. The van der Waals surface area contributed by atoms with Crippen LogP contribution in [0, 0.1) is 39.3 Å². The van der Waals surface area contributed by atoms with E-state index in [0.29, 0.717) is 13.1 Å². The van der Waals surface area contributed by atoms with Gasteiger partial charge in [0, 0.05) is 128 Å². The van der Waals surface area contributed by atoms with Crippen LogP contribution < -0.4 is 35.9 Å². The summed E-state index contributed by atoms with van der Waals surface area (Å²) >= 11 is 0. The van der Waals surface area contributed by atoms with Crippen LogP contribution in [0.15, 0.2) is 134 Å². The molecule has 0 aliphatic carbocycles. The van der Waals surface area contributed by atoms with E-state index >= 15 is 0 Å². The molecule has 15 heteroatoms. The van der Waals surface area contributed by atoms with Crippen LogP contribution in [0.1, 0.15) is 45.0 Å². The fraction of sp³-hybridized carbons (Fsp3) is 0.130. The van der Waals surface area contributed by atoms with E-state index in [0.717, 1.165) is 92.3 Å². The van der Waals surface area contributed by atoms with Crippen LogP contribution in [-0.2, 0) is 68.1 Å². The number of aromatic nitrogens is 8. The third-order valence-electron chi connectivity index (χ3n) is 9.31. The van der Waals surface area contributed by atoms with Crippen LogP contribution in [0.25, 0.3) is 0 Å². The van der Waals surface area contributed by atoms with E-state index in [1.54, 1.807) is 12.4 Å². The van der Waals surface area contributed by atoms with Crippen molar-refractivity contribution in [1.82, 2.24) is 40.3 Å². The number of fused-ring (bicyclic) bond motifs is 2. The van der Waals surface area contributed by atoms with Crippen molar-refractivity contribution in [3.8, 4) is 0 Å². The Labute approximate surface area is 384 Å². The van der Waals surface area contributed by atoms with Crippen molar-refractivity contribution in [1.29, 1.82) is 0 Å². The van der Waals surface area contributed by atoms with Crippen LogP contribution in [-0.4, -0.2) is 30.1 Å². The second-order valence-electron chi connectivity index (χ2n) is 13.9. The molecule has 0 saturated heterocycles. The number of benzene rings is 2. The molecule has 61 heavy (non-hydrogen) atoms. The van der Waals surface area contributed by atoms with E-state index in [2.05, 4.69) is 92.4 Å². The Kier molecular flexibility index (Phi) is 15.7. The monoisotopic (exact) mass is 1170 g/mol. The van der Waals surface area contributed by atoms with Crippen LogP contribution in [0.4, 0.5) is 34.4 Å². The maximum atomic E-state index is 5.55. The Morgan fingerprint density at radius 3 is 1.82 bits per heavy atom. The molecular weight excluding hydrogens is 1120 g/mol. The summed E-state index contributed by atoms with van der Waals surface area (Å²) in [6.07, 6.45) is 12.5. The van der Waals surface area contributed by atoms with E-state index in [9.17, 15) is 0 Å². The van der Waals surface area contributed by atoms with Crippen molar-refractivity contribution in [3.63, 3.8) is 0 Å². The molecule has 316 valence electrons. The van der Waals surface area contributed by atoms with E-state index < -0.39 is 0 Å². The fourth-order valence-corrected chi connectivity index (χ4v) is 6.65. The van der Waals surface area contributed by atoms with Gasteiger partial charge in [0.1, 0.15) is 11.6 Å². The number of hydrogen-bond donors (Lipinski definition) is 2. The van der Waals surface area contributed by atoms with Crippen molar-refractivity contribution in [3.05, 3.63) is 205 Å². The largest absolute Gasteiger partial charge is 0.579 e. The number of nitrogens with one attached hydrogen (secondary N) is 1. The molecular formula is C46H41N13Pt2-6. The Bertz CT molecular complexity index is 2580. The fourth-order valence-electron chi connectivity index (χ4n) is 6.65. The van der Waals surface area contributed by atoms with Gasteiger partial charge in [0.25, 0.3) is 0 Å². The Balaban J connectivity index is 0.000000165. The molecule has 0 radical (unpaired) electrons. The van der Waals surface area contributed by atoms with Gasteiger partial charge in [0.2, 0.25) is 0 Å². The Morgan fingerprint density at radius 1 is 0.656 bits per heavy atom. The molecule has 6 aromatic heterocycles. The first kappa shape index (κ1) is 44.5. The van der Waals surface area contributed by atoms with Gasteiger partial charge in [0.15, 0.2) is 0 Å². The standard InChI is InChI=1S/C23H19N6.C12H9N3.C11H13N4.2Pt/c1-17-10-20(27-26-17)12-18-11-19(14-24-13-18)15-28-16-29(21-6-3-2-4-7-21)23-22(28)8-5-9-25-23;1-2-5-10(6-3-1)15-9-14-11-7-4-8-13-12(11)15;1-8-2-11(15-14-8)4-9-3-10(5-12)7-13-6-9;;/h2-6,8-11,13-14,16H,12,15H2,1H3;1-5,7-9,14H;2-3,6-7H,4-5,12H2,1H3;;/q-3;-2;-1;;. The predicted molar refractivity (Wildman–Crippen MR) is 228 cm³/mol. The summed E-state index contributed by atoms with van der Waals surface area (Å²) in [6.45, 7) is 9.08. The summed E-state index contributed by atoms with van der Waals surface area (Å²) in [6, 6.07) is 38.4. The van der Waals surface area contributed by atoms with Gasteiger partial charge in [-0.2, -0.15) is 67.3 Å². The summed E-state index contributed by atoms with van der Waals surface area (Å²) < 4.78 is 0. The molecule has 8 heterocycles. The average Bonchev–Trinajstić information content (AvgIpc) is 4.09. The van der Waals surface area contributed by atoms with Crippen LogP contribution in [0.2, 0.25) is 0 Å². The zero-order valence-electron chi connectivity index (χ0n) is 33.3.